The van der Waals surface area contributed by atoms with Crippen molar-refractivity contribution in [3.63, 3.8) is 0 Å². The Morgan fingerprint density at radius 1 is 1.03 bits per heavy atom. The Kier molecular flexibility index (Phi) is 5.73. The largest absolute Gasteiger partial charge is 0.350 e. The molecule has 0 radical (unpaired) electrons. The number of hydrogen-bond donors (Lipinski definition) is 1. The highest BCUT2D eigenvalue weighted by Gasteiger charge is 2.46. The summed E-state index contributed by atoms with van der Waals surface area (Å²) in [5.74, 6) is -0.330. The molecule has 0 saturated carbocycles. The second-order valence-corrected chi connectivity index (χ2v) is 10.8. The van der Waals surface area contributed by atoms with Crippen LogP contribution in [0.15, 0.2) is 72.1 Å². The van der Waals surface area contributed by atoms with Crippen LogP contribution in [-0.2, 0) is 17.8 Å². The Hall–Kier alpha value is -3.45. The lowest BCUT2D eigenvalue weighted by molar-refractivity contribution is -0.129. The molecule has 0 aliphatic carbocycles. The molecule has 7 heteroatoms. The molecule has 0 bridgehead atoms. The highest BCUT2D eigenvalue weighted by atomic mass is 32.1. The Bertz CT molecular complexity index is 1320. The normalized spacial score (nSPS) is 18.2. The van der Waals surface area contributed by atoms with Gasteiger partial charge in [0.1, 0.15) is 11.7 Å². The Morgan fingerprint density at radius 3 is 2.47 bits per heavy atom. The van der Waals surface area contributed by atoms with Gasteiger partial charge in [-0.25, -0.2) is 0 Å². The van der Waals surface area contributed by atoms with Gasteiger partial charge < -0.3 is 10.2 Å². The van der Waals surface area contributed by atoms with Gasteiger partial charge in [0, 0.05) is 15.8 Å². The molecule has 2 amide bonds. The van der Waals surface area contributed by atoms with E-state index in [-0.39, 0.29) is 17.9 Å². The molecule has 34 heavy (non-hydrogen) atoms. The van der Waals surface area contributed by atoms with Gasteiger partial charge in [-0.15, -0.1) is 11.3 Å². The van der Waals surface area contributed by atoms with Crippen LogP contribution in [0.3, 0.4) is 0 Å². The summed E-state index contributed by atoms with van der Waals surface area (Å²) in [6.45, 7) is 6.25. The van der Waals surface area contributed by atoms with Crippen molar-refractivity contribution in [3.8, 4) is 0 Å². The van der Waals surface area contributed by atoms with E-state index in [2.05, 4.69) is 17.4 Å². The third-order valence-corrected chi connectivity index (χ3v) is 6.90. The lowest BCUT2D eigenvalue weighted by atomic mass is 9.93. The summed E-state index contributed by atoms with van der Waals surface area (Å²) in [5.41, 5.74) is 1.97. The number of rotatable bonds is 5. The summed E-state index contributed by atoms with van der Waals surface area (Å²) in [6, 6.07) is 20.7. The molecule has 5 rings (SSSR count). The third-order valence-electron chi connectivity index (χ3n) is 6.04. The predicted octanol–water partition coefficient (Wildman–Crippen LogP) is 4.82. The molecule has 174 valence electrons. The van der Waals surface area contributed by atoms with Gasteiger partial charge in [0.2, 0.25) is 5.91 Å². The number of nitrogens with one attached hydrogen (secondary N) is 1. The van der Waals surface area contributed by atoms with Crippen LogP contribution in [0.1, 0.15) is 47.7 Å². The molecule has 2 unspecified atom stereocenters. The Balaban J connectivity index is 1.68. The van der Waals surface area contributed by atoms with Gasteiger partial charge in [-0.2, -0.15) is 5.10 Å². The van der Waals surface area contributed by atoms with Crippen molar-refractivity contribution < 1.29 is 9.59 Å². The van der Waals surface area contributed by atoms with Crippen molar-refractivity contribution in [2.75, 3.05) is 0 Å². The Morgan fingerprint density at radius 2 is 1.76 bits per heavy atom. The summed E-state index contributed by atoms with van der Waals surface area (Å²) >= 11 is 1.59. The van der Waals surface area contributed by atoms with Crippen LogP contribution >= 0.6 is 11.3 Å². The number of hydrogen-bond acceptors (Lipinski definition) is 4. The fourth-order valence-electron chi connectivity index (χ4n) is 4.66. The molecule has 1 N–H and O–H groups in total. The van der Waals surface area contributed by atoms with E-state index in [1.165, 1.54) is 0 Å². The highest BCUT2D eigenvalue weighted by Crippen LogP contribution is 2.35. The number of amides is 2. The van der Waals surface area contributed by atoms with Crippen molar-refractivity contribution in [2.24, 2.45) is 0 Å². The predicted molar refractivity (Wildman–Crippen MR) is 135 cm³/mol. The molecule has 1 aliphatic rings. The first kappa shape index (κ1) is 22.3. The summed E-state index contributed by atoms with van der Waals surface area (Å²) in [5, 5.41) is 10.8. The zero-order valence-electron chi connectivity index (χ0n) is 19.6. The number of nitrogens with zero attached hydrogens (tertiary/aromatic N) is 3. The van der Waals surface area contributed by atoms with Crippen molar-refractivity contribution >= 4 is 34.1 Å². The maximum atomic E-state index is 14.0. The van der Waals surface area contributed by atoms with Crippen LogP contribution in [0.2, 0.25) is 0 Å². The summed E-state index contributed by atoms with van der Waals surface area (Å²) in [6.07, 6.45) is 0.582. The number of thiophene rings is 1. The van der Waals surface area contributed by atoms with Gasteiger partial charge in [0.15, 0.2) is 0 Å². The van der Waals surface area contributed by atoms with E-state index in [1.807, 2.05) is 80.7 Å². The van der Waals surface area contributed by atoms with Gasteiger partial charge in [-0.3, -0.25) is 14.3 Å². The average Bonchev–Trinajstić information content (AvgIpc) is 3.44. The second kappa shape index (κ2) is 8.72. The number of carbonyl (C=O) groups excluding carboxylic acids is 2. The van der Waals surface area contributed by atoms with Crippen molar-refractivity contribution in [1.82, 2.24) is 20.0 Å². The van der Waals surface area contributed by atoms with Crippen molar-refractivity contribution in [2.45, 2.75) is 51.4 Å². The molecule has 1 aliphatic heterocycles. The van der Waals surface area contributed by atoms with Crippen molar-refractivity contribution in [1.29, 1.82) is 0 Å². The third kappa shape index (κ3) is 4.23. The molecule has 0 spiro atoms. The van der Waals surface area contributed by atoms with E-state index < -0.39 is 11.6 Å². The minimum absolute atomic E-state index is 0.163. The van der Waals surface area contributed by atoms with Gasteiger partial charge >= 0.3 is 0 Å². The maximum Gasteiger partial charge on any atom is 0.273 e. The molecule has 0 fully saturated rings. The molecule has 3 heterocycles. The fraction of sp³-hybridized carbons (Fsp3) is 0.296. The topological polar surface area (TPSA) is 67.2 Å². The fourth-order valence-corrected chi connectivity index (χ4v) is 5.36. The second-order valence-electron chi connectivity index (χ2n) is 9.76. The smallest absolute Gasteiger partial charge is 0.273 e. The van der Waals surface area contributed by atoms with E-state index in [4.69, 9.17) is 5.10 Å². The molecule has 0 saturated heterocycles. The minimum atomic E-state index is -0.698. The number of fused-ring (bicyclic) bond motifs is 3. The lowest BCUT2D eigenvalue weighted by Gasteiger charge is -2.41. The summed E-state index contributed by atoms with van der Waals surface area (Å²) in [7, 11) is 0. The number of carbonyl (C=O) groups is 2. The van der Waals surface area contributed by atoms with Crippen LogP contribution < -0.4 is 5.32 Å². The van der Waals surface area contributed by atoms with E-state index >= 15 is 0 Å². The maximum absolute atomic E-state index is 14.0. The summed E-state index contributed by atoms with van der Waals surface area (Å²) < 4.78 is 1.80. The van der Waals surface area contributed by atoms with Gasteiger partial charge in [-0.05, 0) is 50.3 Å². The Labute approximate surface area is 203 Å². The molecular formula is C27H28N4O2S. The molecule has 2 atom stereocenters. The SMILES string of the molecule is CC(C)(C)NC(=O)C1C(Cc2ccccc2)n2nc3ccccc3c2C(=O)N1Cc1cccs1. The summed E-state index contributed by atoms with van der Waals surface area (Å²) in [4.78, 5) is 30.5. The van der Waals surface area contributed by atoms with Crippen LogP contribution in [0.4, 0.5) is 0 Å². The quantitative estimate of drug-likeness (QED) is 0.453. The monoisotopic (exact) mass is 472 g/mol. The average molecular weight is 473 g/mol. The molecular weight excluding hydrogens is 444 g/mol. The first-order chi connectivity index (χ1) is 16.3. The van der Waals surface area contributed by atoms with Crippen molar-refractivity contribution in [3.05, 3.63) is 88.2 Å². The van der Waals surface area contributed by atoms with Gasteiger partial charge in [-0.1, -0.05) is 54.6 Å². The minimum Gasteiger partial charge on any atom is -0.350 e. The van der Waals surface area contributed by atoms with E-state index in [0.29, 0.717) is 18.7 Å². The first-order valence-electron chi connectivity index (χ1n) is 11.5. The van der Waals surface area contributed by atoms with E-state index in [0.717, 1.165) is 21.3 Å². The number of benzene rings is 2. The zero-order chi connectivity index (χ0) is 23.9. The zero-order valence-corrected chi connectivity index (χ0v) is 20.4. The van der Waals surface area contributed by atoms with E-state index in [9.17, 15) is 9.59 Å². The van der Waals surface area contributed by atoms with Crippen LogP contribution in [0.5, 0.6) is 0 Å². The lowest BCUT2D eigenvalue weighted by Crippen LogP contribution is -2.60. The van der Waals surface area contributed by atoms with Crippen LogP contribution in [-0.4, -0.2) is 38.1 Å². The van der Waals surface area contributed by atoms with Crippen LogP contribution in [0.25, 0.3) is 10.9 Å². The molecule has 2 aromatic carbocycles. The highest BCUT2D eigenvalue weighted by molar-refractivity contribution is 7.09. The van der Waals surface area contributed by atoms with Gasteiger partial charge in [0.05, 0.1) is 18.1 Å². The van der Waals surface area contributed by atoms with E-state index in [1.54, 1.807) is 20.9 Å². The standard InChI is InChI=1S/C27H28N4O2S/c1-27(2,3)28-25(32)24-22(16-18-10-5-4-6-11-18)31-23(20-13-7-8-14-21(20)29-31)26(33)30(24)17-19-12-9-15-34-19/h4-15,22,24H,16-17H2,1-3H3,(H,28,32). The molecule has 6 nitrogen and oxygen atoms in total. The molecule has 2 aromatic heterocycles. The van der Waals surface area contributed by atoms with Crippen LogP contribution in [0, 0.1) is 0 Å². The number of aromatic nitrogens is 2. The molecule has 4 aromatic rings. The first-order valence-corrected chi connectivity index (χ1v) is 12.4. The van der Waals surface area contributed by atoms with Gasteiger partial charge in [0.25, 0.3) is 5.91 Å².